The van der Waals surface area contributed by atoms with E-state index in [4.69, 9.17) is 10.8 Å². The number of aromatic hydroxyl groups is 1. The molecule has 0 aromatic heterocycles. The van der Waals surface area contributed by atoms with Crippen molar-refractivity contribution >= 4 is 30.1 Å². The summed E-state index contributed by atoms with van der Waals surface area (Å²) in [5.41, 5.74) is 6.60. The molecule has 1 aromatic carbocycles. The van der Waals surface area contributed by atoms with E-state index < -0.39 is 0 Å². The third-order valence-electron chi connectivity index (χ3n) is 2.52. The monoisotopic (exact) mass is 286 g/mol. The van der Waals surface area contributed by atoms with Crippen LogP contribution in [0.15, 0.2) is 24.3 Å². The highest BCUT2D eigenvalue weighted by molar-refractivity contribution is 5.92. The van der Waals surface area contributed by atoms with E-state index in [1.807, 2.05) is 6.92 Å². The Morgan fingerprint density at radius 1 is 1.47 bits per heavy atom. The molecular weight excluding hydrogens is 268 g/mol. The van der Waals surface area contributed by atoms with Gasteiger partial charge in [-0.15, -0.1) is 12.4 Å². The zero-order chi connectivity index (χ0) is 13.5. The Morgan fingerprint density at radius 2 is 2.16 bits per heavy atom. The standard InChI is InChI=1S/C13H18N2O3.ClH/c1-2-15(7-8-16)13(18)6-3-10-9-11(14)4-5-12(10)17;/h3-6,9,16-17H,2,7-8,14H2,1H3;1H/b6-3+;. The zero-order valence-corrected chi connectivity index (χ0v) is 11.6. The van der Waals surface area contributed by atoms with E-state index in [0.29, 0.717) is 24.3 Å². The lowest BCUT2D eigenvalue weighted by molar-refractivity contribution is -0.126. The maximum absolute atomic E-state index is 11.7. The summed E-state index contributed by atoms with van der Waals surface area (Å²) in [5.74, 6) is -0.146. The van der Waals surface area contributed by atoms with E-state index in [1.165, 1.54) is 23.1 Å². The number of carbonyl (C=O) groups excluding carboxylic acids is 1. The summed E-state index contributed by atoms with van der Waals surface area (Å²) < 4.78 is 0. The molecule has 0 radical (unpaired) electrons. The molecule has 1 rings (SSSR count). The molecule has 0 fully saturated rings. The number of amides is 1. The molecule has 0 bridgehead atoms. The molecule has 0 spiro atoms. The normalized spacial score (nSPS) is 10.2. The average molecular weight is 287 g/mol. The van der Waals surface area contributed by atoms with Crippen molar-refractivity contribution in [2.75, 3.05) is 25.4 Å². The average Bonchev–Trinajstić information content (AvgIpc) is 2.36. The largest absolute Gasteiger partial charge is 0.507 e. The summed E-state index contributed by atoms with van der Waals surface area (Å²) in [7, 11) is 0. The Balaban J connectivity index is 0.00000324. The maximum atomic E-state index is 11.7. The minimum Gasteiger partial charge on any atom is -0.507 e. The van der Waals surface area contributed by atoms with Crippen LogP contribution in [0.2, 0.25) is 0 Å². The zero-order valence-electron chi connectivity index (χ0n) is 10.7. The van der Waals surface area contributed by atoms with Gasteiger partial charge in [-0.1, -0.05) is 0 Å². The molecule has 0 heterocycles. The highest BCUT2D eigenvalue weighted by Crippen LogP contribution is 2.21. The number of hydrogen-bond acceptors (Lipinski definition) is 4. The van der Waals surface area contributed by atoms with Gasteiger partial charge in [-0.3, -0.25) is 4.79 Å². The molecule has 1 aromatic rings. The van der Waals surface area contributed by atoms with E-state index in [1.54, 1.807) is 12.1 Å². The van der Waals surface area contributed by atoms with Crippen LogP contribution in [0, 0.1) is 0 Å². The van der Waals surface area contributed by atoms with Crippen molar-refractivity contribution in [1.29, 1.82) is 0 Å². The van der Waals surface area contributed by atoms with Crippen LogP contribution in [-0.4, -0.2) is 40.7 Å². The van der Waals surface area contributed by atoms with Gasteiger partial charge >= 0.3 is 0 Å². The van der Waals surface area contributed by atoms with Gasteiger partial charge in [0.1, 0.15) is 5.75 Å². The minimum atomic E-state index is -0.214. The van der Waals surface area contributed by atoms with Crippen LogP contribution in [0.25, 0.3) is 6.08 Å². The van der Waals surface area contributed by atoms with Crippen LogP contribution >= 0.6 is 12.4 Å². The maximum Gasteiger partial charge on any atom is 0.246 e. The van der Waals surface area contributed by atoms with E-state index in [0.717, 1.165) is 0 Å². The van der Waals surface area contributed by atoms with Gasteiger partial charge in [0.2, 0.25) is 5.91 Å². The van der Waals surface area contributed by atoms with Gasteiger partial charge in [0, 0.05) is 30.4 Å². The topological polar surface area (TPSA) is 86.8 Å². The number of aliphatic hydroxyl groups excluding tert-OH is 1. The molecular formula is C13H19ClN2O3. The van der Waals surface area contributed by atoms with Crippen LogP contribution in [0.5, 0.6) is 5.75 Å². The lowest BCUT2D eigenvalue weighted by Crippen LogP contribution is -2.31. The van der Waals surface area contributed by atoms with E-state index in [-0.39, 0.29) is 30.7 Å². The van der Waals surface area contributed by atoms with Gasteiger partial charge in [0.25, 0.3) is 0 Å². The Morgan fingerprint density at radius 3 is 2.74 bits per heavy atom. The van der Waals surface area contributed by atoms with Crippen molar-refractivity contribution in [2.24, 2.45) is 0 Å². The van der Waals surface area contributed by atoms with Crippen LogP contribution in [0.4, 0.5) is 5.69 Å². The predicted molar refractivity (Wildman–Crippen MR) is 78.1 cm³/mol. The fraction of sp³-hybridized carbons (Fsp3) is 0.308. The molecule has 0 atom stereocenters. The molecule has 0 aliphatic heterocycles. The first kappa shape index (κ1) is 17.3. The Bertz CT molecular complexity index is 450. The van der Waals surface area contributed by atoms with Gasteiger partial charge in [0.05, 0.1) is 6.61 Å². The van der Waals surface area contributed by atoms with Gasteiger partial charge in [-0.25, -0.2) is 0 Å². The number of carbonyl (C=O) groups is 1. The quantitative estimate of drug-likeness (QED) is 0.432. The summed E-state index contributed by atoms with van der Waals surface area (Å²) >= 11 is 0. The summed E-state index contributed by atoms with van der Waals surface area (Å²) in [6.45, 7) is 2.57. The van der Waals surface area contributed by atoms with Crippen molar-refractivity contribution < 1.29 is 15.0 Å². The van der Waals surface area contributed by atoms with Crippen LogP contribution in [0.1, 0.15) is 12.5 Å². The highest BCUT2D eigenvalue weighted by Gasteiger charge is 2.07. The summed E-state index contributed by atoms with van der Waals surface area (Å²) in [6.07, 6.45) is 2.86. The Labute approximate surface area is 118 Å². The Kier molecular flexibility index (Phi) is 7.63. The number of rotatable bonds is 5. The lowest BCUT2D eigenvalue weighted by Gasteiger charge is -2.17. The molecule has 5 nitrogen and oxygen atoms in total. The second-order valence-corrected chi connectivity index (χ2v) is 3.79. The van der Waals surface area contributed by atoms with Crippen molar-refractivity contribution in [3.63, 3.8) is 0 Å². The van der Waals surface area contributed by atoms with Crippen LogP contribution < -0.4 is 5.73 Å². The molecule has 1 amide bonds. The van der Waals surface area contributed by atoms with Gasteiger partial charge in [-0.05, 0) is 31.2 Å². The number of phenolic OH excluding ortho intramolecular Hbond substituents is 1. The number of benzene rings is 1. The van der Waals surface area contributed by atoms with Gasteiger partial charge in [-0.2, -0.15) is 0 Å². The third-order valence-corrected chi connectivity index (χ3v) is 2.52. The number of hydrogen-bond donors (Lipinski definition) is 3. The molecule has 0 unspecified atom stereocenters. The van der Waals surface area contributed by atoms with Crippen molar-refractivity contribution in [2.45, 2.75) is 6.92 Å². The summed E-state index contributed by atoms with van der Waals surface area (Å²) in [5, 5.41) is 18.4. The first-order chi connectivity index (χ1) is 8.58. The predicted octanol–water partition coefficient (Wildman–Crippen LogP) is 1.25. The van der Waals surface area contributed by atoms with Crippen molar-refractivity contribution in [1.82, 2.24) is 4.90 Å². The summed E-state index contributed by atoms with van der Waals surface area (Å²) in [6, 6.07) is 4.64. The molecule has 4 N–H and O–H groups in total. The lowest BCUT2D eigenvalue weighted by atomic mass is 10.1. The number of nitrogen functional groups attached to an aromatic ring is 1. The fourth-order valence-electron chi connectivity index (χ4n) is 1.52. The second-order valence-electron chi connectivity index (χ2n) is 3.79. The molecule has 19 heavy (non-hydrogen) atoms. The third kappa shape index (κ3) is 5.19. The first-order valence-electron chi connectivity index (χ1n) is 5.74. The van der Waals surface area contributed by atoms with E-state index in [9.17, 15) is 9.90 Å². The van der Waals surface area contributed by atoms with Crippen LogP contribution in [0.3, 0.4) is 0 Å². The molecule has 106 valence electrons. The number of phenols is 1. The number of anilines is 1. The second kappa shape index (κ2) is 8.39. The fourth-order valence-corrected chi connectivity index (χ4v) is 1.52. The number of halogens is 1. The van der Waals surface area contributed by atoms with E-state index >= 15 is 0 Å². The molecule has 0 aliphatic rings. The number of aliphatic hydroxyl groups is 1. The summed E-state index contributed by atoms with van der Waals surface area (Å²) in [4.78, 5) is 13.2. The molecule has 0 saturated heterocycles. The van der Waals surface area contributed by atoms with Crippen LogP contribution in [-0.2, 0) is 4.79 Å². The number of nitrogens with zero attached hydrogens (tertiary/aromatic N) is 1. The van der Waals surface area contributed by atoms with Gasteiger partial charge in [0.15, 0.2) is 0 Å². The molecule has 0 saturated carbocycles. The Hall–Kier alpha value is -1.72. The number of nitrogens with two attached hydrogens (primary N) is 1. The van der Waals surface area contributed by atoms with E-state index in [2.05, 4.69) is 0 Å². The minimum absolute atomic E-state index is 0. The molecule has 6 heteroatoms. The van der Waals surface area contributed by atoms with Gasteiger partial charge < -0.3 is 20.8 Å². The number of likely N-dealkylation sites (N-methyl/N-ethyl adjacent to an activating group) is 1. The SMILES string of the molecule is CCN(CCO)C(=O)/C=C/c1cc(N)ccc1O.Cl. The van der Waals surface area contributed by atoms with Crippen molar-refractivity contribution in [3.05, 3.63) is 29.8 Å². The highest BCUT2D eigenvalue weighted by atomic mass is 35.5. The molecule has 0 aliphatic carbocycles. The van der Waals surface area contributed by atoms with Crippen molar-refractivity contribution in [3.8, 4) is 5.75 Å². The first-order valence-corrected chi connectivity index (χ1v) is 5.74. The smallest absolute Gasteiger partial charge is 0.246 e.